The zero-order valence-corrected chi connectivity index (χ0v) is 21.4. The van der Waals surface area contributed by atoms with Crippen LogP contribution in [0.4, 0.5) is 4.39 Å². The average Bonchev–Trinajstić information content (AvgIpc) is 3.30. The molecule has 1 aromatic heterocycles. The molecular weight excluding hydrogens is 463 g/mol. The van der Waals surface area contributed by atoms with Crippen molar-refractivity contribution in [3.8, 4) is 5.75 Å². The number of halogens is 1. The van der Waals surface area contributed by atoms with Crippen molar-refractivity contribution < 1.29 is 18.7 Å². The molecule has 1 atom stereocenters. The fraction of sp³-hybridized carbons (Fsp3) is 0.357. The van der Waals surface area contributed by atoms with Crippen LogP contribution in [0.2, 0.25) is 0 Å². The molecule has 0 saturated heterocycles. The van der Waals surface area contributed by atoms with Gasteiger partial charge in [0.05, 0.1) is 6.04 Å². The lowest BCUT2D eigenvalue weighted by Gasteiger charge is -2.40. The van der Waals surface area contributed by atoms with Crippen LogP contribution in [0.15, 0.2) is 60.0 Å². The van der Waals surface area contributed by atoms with E-state index in [2.05, 4.69) is 11.4 Å². The first-order valence-corrected chi connectivity index (χ1v) is 12.6. The van der Waals surface area contributed by atoms with Crippen molar-refractivity contribution in [2.24, 2.45) is 0 Å². The maximum absolute atomic E-state index is 13.7. The van der Waals surface area contributed by atoms with Gasteiger partial charge in [0, 0.05) is 22.5 Å². The summed E-state index contributed by atoms with van der Waals surface area (Å²) in [5.41, 5.74) is 2.01. The Balaban J connectivity index is 1.55. The van der Waals surface area contributed by atoms with Gasteiger partial charge in [0.1, 0.15) is 24.7 Å². The number of hydrogen-bond acceptors (Lipinski definition) is 4. The van der Waals surface area contributed by atoms with Crippen molar-refractivity contribution in [3.05, 3.63) is 87.4 Å². The largest absolute Gasteiger partial charge is 0.491 e. The molecule has 4 rings (SSSR count). The van der Waals surface area contributed by atoms with Crippen LogP contribution in [-0.2, 0) is 11.2 Å². The van der Waals surface area contributed by atoms with E-state index in [0.717, 1.165) is 23.3 Å². The second kappa shape index (κ2) is 10.2. The lowest BCUT2D eigenvalue weighted by Crippen LogP contribution is -2.53. The fourth-order valence-electron chi connectivity index (χ4n) is 4.27. The smallest absolute Gasteiger partial charge is 0.254 e. The number of benzene rings is 2. The van der Waals surface area contributed by atoms with E-state index in [4.69, 9.17) is 4.74 Å². The third-order valence-corrected chi connectivity index (χ3v) is 7.28. The number of rotatable bonds is 6. The van der Waals surface area contributed by atoms with Gasteiger partial charge in [-0.25, -0.2) is 4.39 Å². The van der Waals surface area contributed by atoms with E-state index in [1.54, 1.807) is 16.2 Å². The number of ether oxygens (including phenoxy) is 1. The van der Waals surface area contributed by atoms with Crippen LogP contribution in [0.1, 0.15) is 53.2 Å². The van der Waals surface area contributed by atoms with Crippen LogP contribution >= 0.6 is 11.3 Å². The Kier molecular flexibility index (Phi) is 7.26. The quantitative estimate of drug-likeness (QED) is 0.446. The molecule has 0 saturated carbocycles. The van der Waals surface area contributed by atoms with Gasteiger partial charge in [0.25, 0.3) is 5.91 Å². The number of amides is 2. The molecular formula is C28H31FN2O3S. The number of nitrogens with zero attached hydrogens (tertiary/aromatic N) is 2. The molecule has 0 spiro atoms. The minimum Gasteiger partial charge on any atom is -0.491 e. The van der Waals surface area contributed by atoms with Crippen LogP contribution in [0.5, 0.6) is 5.75 Å². The first-order chi connectivity index (χ1) is 16.6. The van der Waals surface area contributed by atoms with Crippen LogP contribution in [0.3, 0.4) is 0 Å². The summed E-state index contributed by atoms with van der Waals surface area (Å²) in [6, 6.07) is 15.1. The highest BCUT2D eigenvalue weighted by atomic mass is 32.1. The molecule has 2 aromatic carbocycles. The highest BCUT2D eigenvalue weighted by Crippen LogP contribution is 2.34. The molecule has 0 aliphatic carbocycles. The highest BCUT2D eigenvalue weighted by Gasteiger charge is 2.36. The van der Waals surface area contributed by atoms with E-state index in [1.165, 1.54) is 29.1 Å². The van der Waals surface area contributed by atoms with E-state index in [9.17, 15) is 14.0 Å². The zero-order chi connectivity index (χ0) is 25.2. The molecule has 184 valence electrons. The Morgan fingerprint density at radius 1 is 1.09 bits per heavy atom. The number of aryl methyl sites for hydroxylation is 1. The Morgan fingerprint density at radius 2 is 1.77 bits per heavy atom. The predicted octanol–water partition coefficient (Wildman–Crippen LogP) is 5.64. The number of fused-ring (bicyclic) bond motifs is 1. The SMILES string of the molecule is Cc1ccc(OCC2c3ccsc3CCN2C(=O)CN(C(=O)c2ccc(F)cc2)C(C)(C)C)cc1. The lowest BCUT2D eigenvalue weighted by atomic mass is 9.99. The summed E-state index contributed by atoms with van der Waals surface area (Å²) in [7, 11) is 0. The van der Waals surface area contributed by atoms with Crippen molar-refractivity contribution in [2.75, 3.05) is 19.7 Å². The molecule has 2 heterocycles. The van der Waals surface area contributed by atoms with Gasteiger partial charge in [-0.2, -0.15) is 0 Å². The number of hydrogen-bond donors (Lipinski definition) is 0. The van der Waals surface area contributed by atoms with Gasteiger partial charge < -0.3 is 14.5 Å². The van der Waals surface area contributed by atoms with Gasteiger partial charge in [-0.1, -0.05) is 17.7 Å². The molecule has 7 heteroatoms. The summed E-state index contributed by atoms with van der Waals surface area (Å²) in [5, 5.41) is 2.05. The van der Waals surface area contributed by atoms with E-state index in [0.29, 0.717) is 18.7 Å². The summed E-state index contributed by atoms with van der Waals surface area (Å²) < 4.78 is 19.5. The molecule has 2 amide bonds. The standard InChI is InChI=1S/C28H31FN2O3S/c1-19-5-11-22(12-6-19)34-18-24-23-14-16-35-25(23)13-15-30(24)26(32)17-31(28(2,3)4)27(33)20-7-9-21(29)10-8-20/h5-12,14,16,24H,13,15,17-18H2,1-4H3. The lowest BCUT2D eigenvalue weighted by molar-refractivity contribution is -0.136. The van der Waals surface area contributed by atoms with Crippen LogP contribution < -0.4 is 4.74 Å². The number of thiophene rings is 1. The van der Waals surface area contributed by atoms with Crippen molar-refractivity contribution in [3.63, 3.8) is 0 Å². The topological polar surface area (TPSA) is 49.9 Å². The Bertz CT molecular complexity index is 1180. The van der Waals surface area contributed by atoms with E-state index >= 15 is 0 Å². The first kappa shape index (κ1) is 24.9. The van der Waals surface area contributed by atoms with E-state index in [-0.39, 0.29) is 24.4 Å². The van der Waals surface area contributed by atoms with Crippen molar-refractivity contribution >= 4 is 23.2 Å². The van der Waals surface area contributed by atoms with E-state index < -0.39 is 11.4 Å². The molecule has 0 N–H and O–H groups in total. The van der Waals surface area contributed by atoms with Crippen molar-refractivity contribution in [2.45, 2.75) is 45.7 Å². The number of carbonyl (C=O) groups excluding carboxylic acids is 2. The summed E-state index contributed by atoms with van der Waals surface area (Å²) in [4.78, 5) is 31.6. The Labute approximate surface area is 210 Å². The second-order valence-corrected chi connectivity index (χ2v) is 10.8. The highest BCUT2D eigenvalue weighted by molar-refractivity contribution is 7.10. The van der Waals surface area contributed by atoms with E-state index in [1.807, 2.05) is 56.9 Å². The Morgan fingerprint density at radius 3 is 2.43 bits per heavy atom. The fourth-order valence-corrected chi connectivity index (χ4v) is 5.20. The molecule has 35 heavy (non-hydrogen) atoms. The zero-order valence-electron chi connectivity index (χ0n) is 20.6. The molecule has 1 aliphatic heterocycles. The average molecular weight is 495 g/mol. The monoisotopic (exact) mass is 494 g/mol. The van der Waals surface area contributed by atoms with Gasteiger partial charge in [-0.3, -0.25) is 9.59 Å². The van der Waals surface area contributed by atoms with Gasteiger partial charge in [-0.05, 0) is 87.5 Å². The normalized spacial score (nSPS) is 15.5. The summed E-state index contributed by atoms with van der Waals surface area (Å²) in [6.07, 6.45) is 0.779. The molecule has 0 fully saturated rings. The minimum absolute atomic E-state index is 0.0692. The summed E-state index contributed by atoms with van der Waals surface area (Å²) >= 11 is 1.70. The molecule has 5 nitrogen and oxygen atoms in total. The minimum atomic E-state index is -0.599. The third kappa shape index (κ3) is 5.73. The first-order valence-electron chi connectivity index (χ1n) is 11.8. The van der Waals surface area contributed by atoms with Gasteiger partial charge in [0.15, 0.2) is 0 Å². The van der Waals surface area contributed by atoms with Crippen LogP contribution in [-0.4, -0.2) is 46.8 Å². The van der Waals surface area contributed by atoms with Gasteiger partial charge in [-0.15, -0.1) is 11.3 Å². The second-order valence-electron chi connectivity index (χ2n) is 9.85. The summed E-state index contributed by atoms with van der Waals surface area (Å²) in [5.74, 6) is -0.0827. The number of carbonyl (C=O) groups is 2. The van der Waals surface area contributed by atoms with Crippen LogP contribution in [0.25, 0.3) is 0 Å². The molecule has 1 aliphatic rings. The van der Waals surface area contributed by atoms with Crippen molar-refractivity contribution in [1.29, 1.82) is 0 Å². The predicted molar refractivity (Wildman–Crippen MR) is 136 cm³/mol. The molecule has 3 aromatic rings. The molecule has 0 bridgehead atoms. The maximum Gasteiger partial charge on any atom is 0.254 e. The third-order valence-electron chi connectivity index (χ3n) is 6.28. The summed E-state index contributed by atoms with van der Waals surface area (Å²) in [6.45, 7) is 8.54. The Hall–Kier alpha value is -3.19. The molecule has 0 radical (unpaired) electrons. The van der Waals surface area contributed by atoms with Crippen molar-refractivity contribution in [1.82, 2.24) is 9.80 Å². The van der Waals surface area contributed by atoms with Crippen LogP contribution in [0, 0.1) is 12.7 Å². The van der Waals surface area contributed by atoms with Gasteiger partial charge in [0.2, 0.25) is 5.91 Å². The maximum atomic E-state index is 13.7. The molecule has 1 unspecified atom stereocenters. The van der Waals surface area contributed by atoms with Gasteiger partial charge >= 0.3 is 0 Å².